The number of hydrogen-bond donors (Lipinski definition) is 1. The van der Waals surface area contributed by atoms with E-state index in [4.69, 9.17) is 9.47 Å². The highest BCUT2D eigenvalue weighted by Crippen LogP contribution is 2.33. The Balaban J connectivity index is 1.82. The Bertz CT molecular complexity index is 1200. The van der Waals surface area contributed by atoms with Crippen molar-refractivity contribution >= 4 is 16.8 Å². The molecule has 162 valence electrons. The van der Waals surface area contributed by atoms with E-state index in [0.29, 0.717) is 55.4 Å². The molecule has 1 fully saturated rings. The van der Waals surface area contributed by atoms with E-state index in [1.54, 1.807) is 35.0 Å². The summed E-state index contributed by atoms with van der Waals surface area (Å²) in [4.78, 5) is 35.3. The number of aromatic nitrogens is 3. The van der Waals surface area contributed by atoms with Gasteiger partial charge in [-0.25, -0.2) is 0 Å². The van der Waals surface area contributed by atoms with Crippen LogP contribution in [0, 0.1) is 6.92 Å². The molecule has 0 atom stereocenters. The van der Waals surface area contributed by atoms with Crippen molar-refractivity contribution in [3.05, 3.63) is 58.3 Å². The Morgan fingerprint density at radius 3 is 2.81 bits per heavy atom. The second kappa shape index (κ2) is 8.77. The minimum Gasteiger partial charge on any atom is -0.494 e. The van der Waals surface area contributed by atoms with E-state index in [0.717, 1.165) is 16.6 Å². The van der Waals surface area contributed by atoms with Gasteiger partial charge in [0.05, 0.1) is 25.9 Å². The van der Waals surface area contributed by atoms with Crippen LogP contribution < -0.4 is 10.3 Å². The molecule has 0 unspecified atom stereocenters. The lowest BCUT2D eigenvalue weighted by molar-refractivity contribution is 0.0302. The Morgan fingerprint density at radius 1 is 1.32 bits per heavy atom. The van der Waals surface area contributed by atoms with E-state index >= 15 is 0 Å². The van der Waals surface area contributed by atoms with Crippen molar-refractivity contribution in [1.29, 1.82) is 0 Å². The van der Waals surface area contributed by atoms with Crippen LogP contribution >= 0.6 is 0 Å². The first-order valence-electron chi connectivity index (χ1n) is 10.3. The van der Waals surface area contributed by atoms with Crippen molar-refractivity contribution in [1.82, 2.24) is 19.4 Å². The van der Waals surface area contributed by atoms with Crippen LogP contribution in [-0.4, -0.2) is 58.8 Å². The number of carbonyl (C=O) groups is 1. The molecule has 8 nitrogen and oxygen atoms in total. The molecule has 0 radical (unpaired) electrons. The van der Waals surface area contributed by atoms with E-state index in [2.05, 4.69) is 9.97 Å². The summed E-state index contributed by atoms with van der Waals surface area (Å²) in [6.45, 7) is 6.46. The van der Waals surface area contributed by atoms with E-state index in [1.807, 2.05) is 32.1 Å². The largest absolute Gasteiger partial charge is 0.494 e. The number of nitrogens with one attached hydrogen (secondary N) is 1. The van der Waals surface area contributed by atoms with Gasteiger partial charge in [-0.05, 0) is 26.0 Å². The average Bonchev–Trinajstić information content (AvgIpc) is 3.20. The van der Waals surface area contributed by atoms with Gasteiger partial charge in [-0.1, -0.05) is 12.2 Å². The molecule has 0 aromatic carbocycles. The van der Waals surface area contributed by atoms with Crippen LogP contribution in [-0.2, 0) is 11.3 Å². The number of aromatic amines is 1. The fourth-order valence-corrected chi connectivity index (χ4v) is 3.81. The number of amides is 1. The molecule has 1 N–H and O–H groups in total. The highest BCUT2D eigenvalue weighted by molar-refractivity contribution is 5.98. The number of ether oxygens (including phenoxy) is 2. The molecule has 8 heteroatoms. The van der Waals surface area contributed by atoms with Crippen LogP contribution in [0.15, 0.2) is 41.5 Å². The lowest BCUT2D eigenvalue weighted by atomic mass is 10.1. The van der Waals surface area contributed by atoms with Crippen LogP contribution in [0.3, 0.4) is 0 Å². The monoisotopic (exact) mass is 422 g/mol. The van der Waals surface area contributed by atoms with Crippen molar-refractivity contribution in [3.8, 4) is 17.0 Å². The molecule has 1 aliphatic rings. The quantitative estimate of drug-likeness (QED) is 0.639. The molecular weight excluding hydrogens is 396 g/mol. The van der Waals surface area contributed by atoms with Crippen LogP contribution in [0.1, 0.15) is 23.0 Å². The van der Waals surface area contributed by atoms with Gasteiger partial charge in [0.25, 0.3) is 11.5 Å². The topological polar surface area (TPSA) is 89.4 Å². The molecule has 0 aliphatic carbocycles. The molecule has 1 aliphatic heterocycles. The number of carbonyl (C=O) groups excluding carboxylic acids is 1. The predicted octanol–water partition coefficient (Wildman–Crippen LogP) is 2.76. The van der Waals surface area contributed by atoms with Crippen LogP contribution in [0.2, 0.25) is 0 Å². The zero-order valence-electron chi connectivity index (χ0n) is 18.0. The van der Waals surface area contributed by atoms with E-state index in [9.17, 15) is 9.59 Å². The van der Waals surface area contributed by atoms with Crippen molar-refractivity contribution in [2.45, 2.75) is 20.4 Å². The van der Waals surface area contributed by atoms with Gasteiger partial charge >= 0.3 is 0 Å². The first kappa shape index (κ1) is 20.9. The second-order valence-corrected chi connectivity index (χ2v) is 7.49. The lowest BCUT2D eigenvalue weighted by Crippen LogP contribution is -2.40. The molecule has 4 heterocycles. The zero-order valence-corrected chi connectivity index (χ0v) is 18.0. The number of rotatable bonds is 5. The SMILES string of the molecule is C/C=C/Cn1cc(-c2ncc(C(=O)N3CCOCC3)cc2OC)c2cc(C)[nH]c2c1=O. The zero-order chi connectivity index (χ0) is 22.0. The Kier molecular flexibility index (Phi) is 5.90. The van der Waals surface area contributed by atoms with Crippen molar-refractivity contribution in [3.63, 3.8) is 0 Å². The molecule has 0 saturated carbocycles. The molecule has 0 bridgehead atoms. The second-order valence-electron chi connectivity index (χ2n) is 7.49. The third-order valence-electron chi connectivity index (χ3n) is 5.41. The average molecular weight is 422 g/mol. The van der Waals surface area contributed by atoms with Gasteiger partial charge in [-0.15, -0.1) is 0 Å². The maximum Gasteiger partial charge on any atom is 0.275 e. The minimum atomic E-state index is -0.0960. The number of H-pyrrole nitrogens is 1. The molecule has 1 amide bonds. The van der Waals surface area contributed by atoms with Crippen molar-refractivity contribution < 1.29 is 14.3 Å². The van der Waals surface area contributed by atoms with E-state index in [1.165, 1.54) is 0 Å². The van der Waals surface area contributed by atoms with Gasteiger partial charge in [-0.2, -0.15) is 0 Å². The highest BCUT2D eigenvalue weighted by atomic mass is 16.5. The van der Waals surface area contributed by atoms with Gasteiger partial charge in [0.15, 0.2) is 0 Å². The van der Waals surface area contributed by atoms with Gasteiger partial charge in [0.2, 0.25) is 0 Å². The highest BCUT2D eigenvalue weighted by Gasteiger charge is 2.22. The summed E-state index contributed by atoms with van der Waals surface area (Å²) >= 11 is 0. The molecule has 31 heavy (non-hydrogen) atoms. The Morgan fingerprint density at radius 2 is 2.10 bits per heavy atom. The standard InChI is InChI=1S/C23H26N4O4/c1-4-5-6-27-14-18(17-11-15(2)25-21(17)23(27)29)20-19(30-3)12-16(13-24-20)22(28)26-7-9-31-10-8-26/h4-5,11-14,25H,6-10H2,1-3H3/b5-4+. The summed E-state index contributed by atoms with van der Waals surface area (Å²) in [6.07, 6.45) is 7.19. The molecule has 3 aromatic rings. The number of morpholine rings is 1. The third-order valence-corrected chi connectivity index (χ3v) is 5.41. The summed E-state index contributed by atoms with van der Waals surface area (Å²) in [5.41, 5.74) is 3.13. The number of hydrogen-bond acceptors (Lipinski definition) is 5. The Labute approximate surface area is 180 Å². The molecule has 1 saturated heterocycles. The maximum absolute atomic E-state index is 12.9. The van der Waals surface area contributed by atoms with Gasteiger partial charge < -0.3 is 23.9 Å². The number of aryl methyl sites for hydroxylation is 1. The fourth-order valence-electron chi connectivity index (χ4n) is 3.81. The van der Waals surface area contributed by atoms with Crippen LogP contribution in [0.4, 0.5) is 0 Å². The van der Waals surface area contributed by atoms with Crippen molar-refractivity contribution in [2.24, 2.45) is 0 Å². The smallest absolute Gasteiger partial charge is 0.275 e. The molecule has 3 aromatic heterocycles. The minimum absolute atomic E-state index is 0.0944. The number of methoxy groups -OCH3 is 1. The number of allylic oxidation sites excluding steroid dienone is 2. The predicted molar refractivity (Wildman–Crippen MR) is 119 cm³/mol. The number of nitrogens with zero attached hydrogens (tertiary/aromatic N) is 3. The molecule has 4 rings (SSSR count). The summed E-state index contributed by atoms with van der Waals surface area (Å²) < 4.78 is 12.6. The maximum atomic E-state index is 12.9. The van der Waals surface area contributed by atoms with Gasteiger partial charge in [-0.3, -0.25) is 14.6 Å². The van der Waals surface area contributed by atoms with Crippen molar-refractivity contribution in [2.75, 3.05) is 33.4 Å². The van der Waals surface area contributed by atoms with Gasteiger partial charge in [0.1, 0.15) is 17.0 Å². The normalized spacial score (nSPS) is 14.5. The summed E-state index contributed by atoms with van der Waals surface area (Å²) in [5, 5.41) is 0.775. The first-order chi connectivity index (χ1) is 15.0. The van der Waals surface area contributed by atoms with E-state index < -0.39 is 0 Å². The van der Waals surface area contributed by atoms with Gasteiger partial charge in [0, 0.05) is 48.7 Å². The number of pyridine rings is 2. The first-order valence-corrected chi connectivity index (χ1v) is 10.3. The Hall–Kier alpha value is -3.39. The number of fused-ring (bicyclic) bond motifs is 1. The van der Waals surface area contributed by atoms with Crippen LogP contribution in [0.5, 0.6) is 5.75 Å². The fraction of sp³-hybridized carbons (Fsp3) is 0.348. The molecular formula is C23H26N4O4. The van der Waals surface area contributed by atoms with E-state index in [-0.39, 0.29) is 11.5 Å². The summed E-state index contributed by atoms with van der Waals surface area (Å²) in [6, 6.07) is 3.65. The summed E-state index contributed by atoms with van der Waals surface area (Å²) in [7, 11) is 1.55. The van der Waals surface area contributed by atoms with Crippen LogP contribution in [0.25, 0.3) is 22.2 Å². The summed E-state index contributed by atoms with van der Waals surface area (Å²) in [5.74, 6) is 0.386. The lowest BCUT2D eigenvalue weighted by Gasteiger charge is -2.27. The third kappa shape index (κ3) is 3.98. The molecule has 0 spiro atoms.